The maximum absolute atomic E-state index is 12.7. The molecule has 4 rings (SSSR count). The Morgan fingerprint density at radius 3 is 2.66 bits per heavy atom. The number of aromatic amines is 1. The van der Waals surface area contributed by atoms with E-state index in [-0.39, 0.29) is 11.8 Å². The zero-order valence-corrected chi connectivity index (χ0v) is 20.8. The van der Waals surface area contributed by atoms with Crippen molar-refractivity contribution in [1.82, 2.24) is 25.5 Å². The van der Waals surface area contributed by atoms with Gasteiger partial charge in [-0.15, -0.1) is 0 Å². The Morgan fingerprint density at radius 1 is 1.06 bits per heavy atom. The van der Waals surface area contributed by atoms with Crippen LogP contribution in [-0.4, -0.2) is 59.4 Å². The van der Waals surface area contributed by atoms with Crippen LogP contribution in [0.1, 0.15) is 48.0 Å². The van der Waals surface area contributed by atoms with Crippen LogP contribution >= 0.6 is 11.6 Å². The van der Waals surface area contributed by atoms with E-state index < -0.39 is 0 Å². The summed E-state index contributed by atoms with van der Waals surface area (Å²) < 4.78 is 0. The SMILES string of the molecule is O=C(Cc1ccccc1)NCCCCCN1CCC(CNC(=O)c2cc(Cl)cc3[nH]cnc23)CC1. The van der Waals surface area contributed by atoms with Crippen molar-refractivity contribution in [2.45, 2.75) is 38.5 Å². The number of rotatable bonds is 11. The van der Waals surface area contributed by atoms with Crippen LogP contribution in [0.2, 0.25) is 5.02 Å². The first kappa shape index (κ1) is 25.2. The van der Waals surface area contributed by atoms with E-state index >= 15 is 0 Å². The highest BCUT2D eigenvalue weighted by molar-refractivity contribution is 6.32. The van der Waals surface area contributed by atoms with Crippen molar-refractivity contribution in [3.63, 3.8) is 0 Å². The number of likely N-dealkylation sites (tertiary alicyclic amines) is 1. The number of imidazole rings is 1. The fraction of sp³-hybridized carbons (Fsp3) is 0.444. The lowest BCUT2D eigenvalue weighted by molar-refractivity contribution is -0.120. The molecule has 0 unspecified atom stereocenters. The monoisotopic (exact) mass is 495 g/mol. The summed E-state index contributed by atoms with van der Waals surface area (Å²) in [6, 6.07) is 13.3. The molecule has 35 heavy (non-hydrogen) atoms. The lowest BCUT2D eigenvalue weighted by Gasteiger charge is -2.32. The molecule has 3 aromatic rings. The summed E-state index contributed by atoms with van der Waals surface area (Å²) in [6.45, 7) is 4.64. The minimum atomic E-state index is -0.122. The van der Waals surface area contributed by atoms with Gasteiger partial charge in [-0.2, -0.15) is 0 Å². The number of aromatic nitrogens is 2. The molecule has 1 aliphatic heterocycles. The summed E-state index contributed by atoms with van der Waals surface area (Å²) >= 11 is 6.15. The molecule has 186 valence electrons. The van der Waals surface area contributed by atoms with Gasteiger partial charge in [-0.1, -0.05) is 48.4 Å². The van der Waals surface area contributed by atoms with Gasteiger partial charge in [0.25, 0.3) is 5.91 Å². The highest BCUT2D eigenvalue weighted by Gasteiger charge is 2.20. The van der Waals surface area contributed by atoms with E-state index in [1.807, 2.05) is 30.3 Å². The Balaban J connectivity index is 1.06. The maximum Gasteiger partial charge on any atom is 0.253 e. The highest BCUT2D eigenvalue weighted by atomic mass is 35.5. The van der Waals surface area contributed by atoms with Gasteiger partial charge in [-0.25, -0.2) is 4.98 Å². The van der Waals surface area contributed by atoms with E-state index in [9.17, 15) is 9.59 Å². The molecular formula is C27H34ClN5O2. The van der Waals surface area contributed by atoms with Crippen LogP contribution in [0.4, 0.5) is 0 Å². The Hall–Kier alpha value is -2.90. The second-order valence-corrected chi connectivity index (χ2v) is 9.76. The smallest absolute Gasteiger partial charge is 0.253 e. The molecule has 1 fully saturated rings. The van der Waals surface area contributed by atoms with E-state index in [1.54, 1.807) is 18.5 Å². The number of nitrogens with zero attached hydrogens (tertiary/aromatic N) is 2. The third-order valence-electron chi connectivity index (χ3n) is 6.67. The quantitative estimate of drug-likeness (QED) is 0.348. The lowest BCUT2D eigenvalue weighted by atomic mass is 9.96. The van der Waals surface area contributed by atoms with Crippen LogP contribution in [0.25, 0.3) is 11.0 Å². The van der Waals surface area contributed by atoms with Crippen molar-refractivity contribution in [2.75, 3.05) is 32.7 Å². The number of unbranched alkanes of at least 4 members (excludes halogenated alkanes) is 2. The topological polar surface area (TPSA) is 90.1 Å². The number of hydrogen-bond acceptors (Lipinski definition) is 4. The van der Waals surface area contributed by atoms with Crippen LogP contribution in [0.3, 0.4) is 0 Å². The van der Waals surface area contributed by atoms with Crippen LogP contribution < -0.4 is 10.6 Å². The van der Waals surface area contributed by atoms with Crippen molar-refractivity contribution in [3.8, 4) is 0 Å². The van der Waals surface area contributed by atoms with E-state index in [2.05, 4.69) is 25.5 Å². The maximum atomic E-state index is 12.7. The van der Waals surface area contributed by atoms with Crippen LogP contribution in [-0.2, 0) is 11.2 Å². The van der Waals surface area contributed by atoms with Crippen LogP contribution in [0, 0.1) is 5.92 Å². The third-order valence-corrected chi connectivity index (χ3v) is 6.89. The van der Waals surface area contributed by atoms with Gasteiger partial charge < -0.3 is 20.5 Å². The van der Waals surface area contributed by atoms with E-state index in [4.69, 9.17) is 11.6 Å². The number of carbonyl (C=O) groups is 2. The number of amides is 2. The zero-order valence-electron chi connectivity index (χ0n) is 20.1. The predicted octanol–water partition coefficient (Wildman–Crippen LogP) is 4.19. The summed E-state index contributed by atoms with van der Waals surface area (Å²) in [5.41, 5.74) is 2.98. The molecule has 2 aromatic carbocycles. The molecule has 0 radical (unpaired) electrons. The molecule has 7 nitrogen and oxygen atoms in total. The van der Waals surface area contributed by atoms with Gasteiger partial charge in [0.2, 0.25) is 5.91 Å². The molecule has 8 heteroatoms. The number of benzene rings is 2. The number of nitrogens with one attached hydrogen (secondary N) is 3. The lowest BCUT2D eigenvalue weighted by Crippen LogP contribution is -2.39. The van der Waals surface area contributed by atoms with Crippen molar-refractivity contribution >= 4 is 34.4 Å². The van der Waals surface area contributed by atoms with E-state index in [0.29, 0.717) is 35.0 Å². The zero-order chi connectivity index (χ0) is 24.5. The molecule has 1 aliphatic rings. The first-order valence-corrected chi connectivity index (χ1v) is 12.9. The Labute approximate surface area is 211 Å². The number of halogens is 1. The molecule has 0 aliphatic carbocycles. The van der Waals surface area contributed by atoms with Crippen molar-refractivity contribution in [1.29, 1.82) is 0 Å². The van der Waals surface area contributed by atoms with Crippen LogP contribution in [0.5, 0.6) is 0 Å². The Morgan fingerprint density at radius 2 is 1.86 bits per heavy atom. The first-order chi connectivity index (χ1) is 17.1. The van der Waals surface area contributed by atoms with Gasteiger partial charge >= 0.3 is 0 Å². The summed E-state index contributed by atoms with van der Waals surface area (Å²) in [7, 11) is 0. The normalized spacial score (nSPS) is 14.8. The molecule has 2 amide bonds. The molecule has 1 aromatic heterocycles. The van der Waals surface area contributed by atoms with Gasteiger partial charge in [0.15, 0.2) is 0 Å². The van der Waals surface area contributed by atoms with Crippen LogP contribution in [0.15, 0.2) is 48.8 Å². The summed E-state index contributed by atoms with van der Waals surface area (Å²) in [6.07, 6.45) is 7.47. The fourth-order valence-corrected chi connectivity index (χ4v) is 4.86. The highest BCUT2D eigenvalue weighted by Crippen LogP contribution is 2.22. The van der Waals surface area contributed by atoms with Gasteiger partial charge in [-0.05, 0) is 68.9 Å². The minimum absolute atomic E-state index is 0.0921. The van der Waals surface area contributed by atoms with E-state index in [1.165, 1.54) is 0 Å². The number of hydrogen-bond donors (Lipinski definition) is 3. The average molecular weight is 496 g/mol. The molecule has 0 saturated carbocycles. The summed E-state index contributed by atoms with van der Waals surface area (Å²) in [5.74, 6) is 0.460. The average Bonchev–Trinajstić information content (AvgIpc) is 3.34. The third kappa shape index (κ3) is 7.54. The predicted molar refractivity (Wildman–Crippen MR) is 140 cm³/mol. The number of piperidine rings is 1. The molecule has 0 atom stereocenters. The standard InChI is InChI=1S/C27H34ClN5O2/c28-22-16-23(26-24(17-22)31-19-32-26)27(35)30-18-21-9-13-33(14-10-21)12-6-2-5-11-29-25(34)15-20-7-3-1-4-8-20/h1,3-4,7-8,16-17,19,21H,2,5-6,9-15,18H2,(H,29,34)(H,30,35)(H,31,32). The molecule has 0 bridgehead atoms. The van der Waals surface area contributed by atoms with Gasteiger partial charge in [0, 0.05) is 18.1 Å². The second-order valence-electron chi connectivity index (χ2n) is 9.32. The van der Waals surface area contributed by atoms with Crippen molar-refractivity contribution < 1.29 is 9.59 Å². The number of H-pyrrole nitrogens is 1. The molecular weight excluding hydrogens is 462 g/mol. The Bertz CT molecular complexity index is 1110. The molecule has 1 saturated heterocycles. The minimum Gasteiger partial charge on any atom is -0.356 e. The van der Waals surface area contributed by atoms with Crippen molar-refractivity contribution in [3.05, 3.63) is 64.9 Å². The van der Waals surface area contributed by atoms with Gasteiger partial charge in [-0.3, -0.25) is 9.59 Å². The largest absolute Gasteiger partial charge is 0.356 e. The molecule has 0 spiro atoms. The van der Waals surface area contributed by atoms with Gasteiger partial charge in [0.1, 0.15) is 5.52 Å². The van der Waals surface area contributed by atoms with E-state index in [0.717, 1.165) is 69.4 Å². The molecule has 2 heterocycles. The first-order valence-electron chi connectivity index (χ1n) is 12.5. The molecule has 3 N–H and O–H groups in total. The summed E-state index contributed by atoms with van der Waals surface area (Å²) in [5, 5.41) is 6.62. The van der Waals surface area contributed by atoms with Gasteiger partial charge in [0.05, 0.1) is 23.8 Å². The number of fused-ring (bicyclic) bond motifs is 1. The van der Waals surface area contributed by atoms with Crippen molar-refractivity contribution in [2.24, 2.45) is 5.92 Å². The number of carbonyl (C=O) groups excluding carboxylic acids is 2. The summed E-state index contributed by atoms with van der Waals surface area (Å²) in [4.78, 5) is 34.5. The second kappa shape index (κ2) is 12.7. The fourth-order valence-electron chi connectivity index (χ4n) is 4.64. The Kier molecular flexibility index (Phi) is 9.15.